The number of halogens is 1. The molecule has 0 radical (unpaired) electrons. The summed E-state index contributed by atoms with van der Waals surface area (Å²) in [6, 6.07) is 13.4. The van der Waals surface area contributed by atoms with Crippen molar-refractivity contribution in [2.24, 2.45) is 0 Å². The second kappa shape index (κ2) is 7.44. The van der Waals surface area contributed by atoms with Gasteiger partial charge in [-0.3, -0.25) is 0 Å². The monoisotopic (exact) mass is 361 g/mol. The van der Waals surface area contributed by atoms with E-state index in [0.717, 1.165) is 5.56 Å². The summed E-state index contributed by atoms with van der Waals surface area (Å²) >= 11 is 5.85. The van der Waals surface area contributed by atoms with E-state index in [1.165, 1.54) is 12.1 Å². The van der Waals surface area contributed by atoms with E-state index in [4.69, 9.17) is 26.2 Å². The molecular weight excluding hydrogens is 346 g/mol. The van der Waals surface area contributed by atoms with Gasteiger partial charge >= 0.3 is 12.1 Å². The first-order chi connectivity index (χ1) is 12.0. The van der Waals surface area contributed by atoms with Gasteiger partial charge in [-0.25, -0.2) is 9.59 Å². The van der Waals surface area contributed by atoms with E-state index in [-0.39, 0.29) is 24.4 Å². The molecule has 1 atom stereocenters. The molecule has 1 aliphatic rings. The molecule has 6 nitrogen and oxygen atoms in total. The van der Waals surface area contributed by atoms with Crippen LogP contribution in [-0.4, -0.2) is 41.3 Å². The molecule has 2 aromatic carbocycles. The number of carbonyl (C=O) groups is 2. The van der Waals surface area contributed by atoms with Gasteiger partial charge in [0.1, 0.15) is 12.4 Å². The molecule has 25 heavy (non-hydrogen) atoms. The van der Waals surface area contributed by atoms with Crippen LogP contribution >= 0.6 is 11.6 Å². The van der Waals surface area contributed by atoms with Gasteiger partial charge in [0, 0.05) is 11.6 Å². The van der Waals surface area contributed by atoms with Crippen molar-refractivity contribution in [1.82, 2.24) is 4.90 Å². The maximum Gasteiger partial charge on any atom is 0.410 e. The predicted molar refractivity (Wildman–Crippen MR) is 91.0 cm³/mol. The molecule has 2 aromatic rings. The first-order valence-electron chi connectivity index (χ1n) is 7.67. The van der Waals surface area contributed by atoms with Crippen molar-refractivity contribution in [3.63, 3.8) is 0 Å². The van der Waals surface area contributed by atoms with Crippen LogP contribution in [0.15, 0.2) is 48.5 Å². The molecule has 1 unspecified atom stereocenters. The van der Waals surface area contributed by atoms with Gasteiger partial charge in [0.25, 0.3) is 0 Å². The molecule has 0 bridgehead atoms. The van der Waals surface area contributed by atoms with Crippen LogP contribution in [-0.2, 0) is 11.3 Å². The van der Waals surface area contributed by atoms with E-state index in [1.807, 2.05) is 12.1 Å². The Hall–Kier alpha value is -2.73. The van der Waals surface area contributed by atoms with Crippen molar-refractivity contribution < 1.29 is 24.2 Å². The Morgan fingerprint density at radius 1 is 1.20 bits per heavy atom. The SMILES string of the molecule is O=C(O)c1ccc(OCC2CN(Cc3ccc(Cl)cc3)C(=O)O2)cc1. The van der Waals surface area contributed by atoms with Crippen molar-refractivity contribution in [3.8, 4) is 5.75 Å². The molecule has 0 aliphatic carbocycles. The number of hydrogen-bond donors (Lipinski definition) is 1. The number of carboxylic acids is 1. The average molecular weight is 362 g/mol. The number of hydrogen-bond acceptors (Lipinski definition) is 4. The third kappa shape index (κ3) is 4.42. The summed E-state index contributed by atoms with van der Waals surface area (Å²) in [4.78, 5) is 24.4. The van der Waals surface area contributed by atoms with Crippen LogP contribution in [0.5, 0.6) is 5.75 Å². The van der Waals surface area contributed by atoms with Gasteiger partial charge in [-0.15, -0.1) is 0 Å². The molecule has 1 fully saturated rings. The number of carboxylic acid groups (broad SMARTS) is 1. The topological polar surface area (TPSA) is 76.1 Å². The highest BCUT2D eigenvalue weighted by molar-refractivity contribution is 6.30. The highest BCUT2D eigenvalue weighted by Gasteiger charge is 2.31. The number of amides is 1. The van der Waals surface area contributed by atoms with E-state index in [9.17, 15) is 9.59 Å². The summed E-state index contributed by atoms with van der Waals surface area (Å²) in [5.41, 5.74) is 1.15. The van der Waals surface area contributed by atoms with Gasteiger partial charge in [-0.1, -0.05) is 23.7 Å². The number of benzene rings is 2. The lowest BCUT2D eigenvalue weighted by atomic mass is 10.2. The zero-order chi connectivity index (χ0) is 17.8. The molecule has 0 spiro atoms. The summed E-state index contributed by atoms with van der Waals surface area (Å²) in [5.74, 6) is -0.466. The second-order valence-corrected chi connectivity index (χ2v) is 6.09. The standard InChI is InChI=1S/C18H16ClNO5/c19-14-5-1-12(2-6-14)9-20-10-16(25-18(20)23)11-24-15-7-3-13(4-8-15)17(21)22/h1-8,16H,9-11H2,(H,21,22). The molecule has 3 rings (SSSR count). The lowest BCUT2D eigenvalue weighted by molar-refractivity contribution is 0.0696. The number of cyclic esters (lactones) is 1. The normalized spacial score (nSPS) is 16.6. The fourth-order valence-corrected chi connectivity index (χ4v) is 2.61. The summed E-state index contributed by atoms with van der Waals surface area (Å²) < 4.78 is 10.9. The van der Waals surface area contributed by atoms with E-state index < -0.39 is 5.97 Å². The van der Waals surface area contributed by atoms with Gasteiger partial charge in [0.15, 0.2) is 6.10 Å². The summed E-state index contributed by atoms with van der Waals surface area (Å²) in [6.45, 7) is 1.07. The minimum atomic E-state index is -0.992. The Kier molecular flexibility index (Phi) is 5.09. The molecule has 1 N–H and O–H groups in total. The highest BCUT2D eigenvalue weighted by Crippen LogP contribution is 2.19. The van der Waals surface area contributed by atoms with Crippen molar-refractivity contribution in [2.45, 2.75) is 12.6 Å². The molecule has 7 heteroatoms. The van der Waals surface area contributed by atoms with Gasteiger partial charge in [0.2, 0.25) is 0 Å². The molecule has 0 saturated carbocycles. The van der Waals surface area contributed by atoms with Gasteiger partial charge in [-0.05, 0) is 42.0 Å². The third-order valence-electron chi connectivity index (χ3n) is 3.77. The van der Waals surface area contributed by atoms with Crippen LogP contribution in [0.4, 0.5) is 4.79 Å². The number of ether oxygens (including phenoxy) is 2. The van der Waals surface area contributed by atoms with Gasteiger partial charge in [-0.2, -0.15) is 0 Å². The Labute approximate surface area is 149 Å². The van der Waals surface area contributed by atoms with Crippen LogP contribution in [0.25, 0.3) is 0 Å². The lowest BCUT2D eigenvalue weighted by Gasteiger charge is -2.13. The van der Waals surface area contributed by atoms with Crippen molar-refractivity contribution in [3.05, 3.63) is 64.7 Å². The largest absolute Gasteiger partial charge is 0.490 e. The maximum absolute atomic E-state index is 11.9. The smallest absolute Gasteiger partial charge is 0.410 e. The molecule has 1 amide bonds. The average Bonchev–Trinajstić information content (AvgIpc) is 2.95. The van der Waals surface area contributed by atoms with Crippen LogP contribution in [0.2, 0.25) is 5.02 Å². The van der Waals surface area contributed by atoms with E-state index >= 15 is 0 Å². The Morgan fingerprint density at radius 3 is 2.52 bits per heavy atom. The zero-order valence-corrected chi connectivity index (χ0v) is 14.0. The lowest BCUT2D eigenvalue weighted by Crippen LogP contribution is -2.26. The van der Waals surface area contributed by atoms with Crippen molar-refractivity contribution >= 4 is 23.7 Å². The first kappa shape index (κ1) is 17.1. The van der Waals surface area contributed by atoms with Crippen LogP contribution < -0.4 is 4.74 Å². The van der Waals surface area contributed by atoms with Crippen molar-refractivity contribution in [2.75, 3.05) is 13.2 Å². The number of aromatic carboxylic acids is 1. The second-order valence-electron chi connectivity index (χ2n) is 5.65. The molecule has 1 heterocycles. The quantitative estimate of drug-likeness (QED) is 0.853. The summed E-state index contributed by atoms with van der Waals surface area (Å²) in [7, 11) is 0. The molecule has 1 aliphatic heterocycles. The van der Waals surface area contributed by atoms with Crippen LogP contribution in [0.1, 0.15) is 15.9 Å². The van der Waals surface area contributed by atoms with E-state index in [0.29, 0.717) is 23.9 Å². The summed E-state index contributed by atoms with van der Waals surface area (Å²) in [6.07, 6.45) is -0.760. The zero-order valence-electron chi connectivity index (χ0n) is 13.2. The highest BCUT2D eigenvalue weighted by atomic mass is 35.5. The van der Waals surface area contributed by atoms with E-state index in [2.05, 4.69) is 0 Å². The van der Waals surface area contributed by atoms with Crippen LogP contribution in [0, 0.1) is 0 Å². The van der Waals surface area contributed by atoms with E-state index in [1.54, 1.807) is 29.2 Å². The van der Waals surface area contributed by atoms with Crippen molar-refractivity contribution in [1.29, 1.82) is 0 Å². The summed E-state index contributed by atoms with van der Waals surface area (Å²) in [5, 5.41) is 9.51. The fourth-order valence-electron chi connectivity index (χ4n) is 2.48. The van der Waals surface area contributed by atoms with Crippen LogP contribution in [0.3, 0.4) is 0 Å². The first-order valence-corrected chi connectivity index (χ1v) is 8.05. The Bertz CT molecular complexity index is 760. The number of nitrogens with zero attached hydrogens (tertiary/aromatic N) is 1. The molecule has 0 aromatic heterocycles. The third-order valence-corrected chi connectivity index (χ3v) is 4.03. The minimum absolute atomic E-state index is 0.189. The minimum Gasteiger partial charge on any atom is -0.490 e. The Balaban J connectivity index is 1.52. The Morgan fingerprint density at radius 2 is 1.88 bits per heavy atom. The maximum atomic E-state index is 11.9. The van der Waals surface area contributed by atoms with Gasteiger partial charge in [0.05, 0.1) is 12.1 Å². The number of carbonyl (C=O) groups excluding carboxylic acids is 1. The molecular formula is C18H16ClNO5. The van der Waals surface area contributed by atoms with Gasteiger partial charge < -0.3 is 19.5 Å². The molecule has 130 valence electrons. The molecule has 1 saturated heterocycles. The fraction of sp³-hybridized carbons (Fsp3) is 0.222. The number of rotatable bonds is 6. The predicted octanol–water partition coefficient (Wildman–Crippen LogP) is 3.44.